The molecule has 4 atom stereocenters. The molecular formula is C18H25ClN6O2S. The van der Waals surface area contributed by atoms with Crippen LogP contribution in [0.1, 0.15) is 46.1 Å². The summed E-state index contributed by atoms with van der Waals surface area (Å²) in [5, 5.41) is 5.37. The van der Waals surface area contributed by atoms with Gasteiger partial charge in [-0.15, -0.1) is 0 Å². The third-order valence-corrected chi connectivity index (χ3v) is 6.92. The molecule has 28 heavy (non-hydrogen) atoms. The molecule has 2 rings (SSSR count). The van der Waals surface area contributed by atoms with Gasteiger partial charge in [0.25, 0.3) is 0 Å². The first-order valence-electron chi connectivity index (χ1n) is 8.92. The van der Waals surface area contributed by atoms with Gasteiger partial charge in [0.15, 0.2) is 0 Å². The van der Waals surface area contributed by atoms with Crippen LogP contribution in [-0.4, -0.2) is 31.8 Å². The van der Waals surface area contributed by atoms with E-state index >= 15 is 0 Å². The van der Waals surface area contributed by atoms with Crippen LogP contribution in [0, 0.1) is 4.78 Å². The Morgan fingerprint density at radius 3 is 2.64 bits per heavy atom. The van der Waals surface area contributed by atoms with Gasteiger partial charge < -0.3 is 4.74 Å². The van der Waals surface area contributed by atoms with Crippen molar-refractivity contribution < 1.29 is 8.95 Å². The van der Waals surface area contributed by atoms with Crippen LogP contribution in [0.3, 0.4) is 0 Å². The molecule has 0 aliphatic heterocycles. The number of ether oxygens (including phenoxy) is 1. The summed E-state index contributed by atoms with van der Waals surface area (Å²) < 4.78 is 25.6. The molecule has 0 unspecified atom stereocenters. The van der Waals surface area contributed by atoms with Crippen LogP contribution in [-0.2, 0) is 15.3 Å². The molecule has 1 N–H and O–H groups in total. The van der Waals surface area contributed by atoms with Crippen molar-refractivity contribution in [1.82, 2.24) is 9.97 Å². The second-order valence-corrected chi connectivity index (χ2v) is 10.2. The minimum atomic E-state index is -2.65. The summed E-state index contributed by atoms with van der Waals surface area (Å²) in [5.74, 6) is 0.370. The van der Waals surface area contributed by atoms with E-state index in [2.05, 4.69) is 20.0 Å². The molecule has 0 aliphatic carbocycles. The van der Waals surface area contributed by atoms with E-state index in [0.717, 1.165) is 10.9 Å². The van der Waals surface area contributed by atoms with Crippen LogP contribution in [0.25, 0.3) is 21.2 Å². The van der Waals surface area contributed by atoms with Gasteiger partial charge >= 0.3 is 0 Å². The lowest BCUT2D eigenvalue weighted by Crippen LogP contribution is -2.24. The predicted molar refractivity (Wildman–Crippen MR) is 112 cm³/mol. The number of rotatable bonds is 8. The zero-order valence-electron chi connectivity index (χ0n) is 16.6. The second-order valence-electron chi connectivity index (χ2n) is 7.23. The van der Waals surface area contributed by atoms with Crippen LogP contribution in [0.15, 0.2) is 23.6 Å². The maximum atomic E-state index is 11.9. The Morgan fingerprint density at radius 1 is 1.39 bits per heavy atom. The van der Waals surface area contributed by atoms with Gasteiger partial charge in [-0.25, -0.2) is 14.2 Å². The number of halogens is 1. The van der Waals surface area contributed by atoms with Crippen LogP contribution in [0.2, 0.25) is 5.15 Å². The smallest absolute Gasteiger partial charge is 0.223 e. The zero-order chi connectivity index (χ0) is 21.1. The lowest BCUT2D eigenvalue weighted by molar-refractivity contribution is 0.205. The Hall–Kier alpha value is -2.09. The minimum Gasteiger partial charge on any atom is -0.474 e. The van der Waals surface area contributed by atoms with Crippen LogP contribution >= 0.6 is 11.6 Å². The molecule has 0 saturated carbocycles. The summed E-state index contributed by atoms with van der Waals surface area (Å²) in [4.78, 5) is 11.6. The molecule has 2 aromatic rings. The van der Waals surface area contributed by atoms with E-state index in [9.17, 15) is 4.21 Å². The highest BCUT2D eigenvalue weighted by Crippen LogP contribution is 2.37. The van der Waals surface area contributed by atoms with Gasteiger partial charge in [0.2, 0.25) is 5.88 Å². The first-order chi connectivity index (χ1) is 13.0. The fourth-order valence-electron chi connectivity index (χ4n) is 2.91. The Morgan fingerprint density at radius 2 is 2.07 bits per heavy atom. The Kier molecular flexibility index (Phi) is 6.75. The monoisotopic (exact) mass is 424 g/mol. The first-order valence-corrected chi connectivity index (χ1v) is 11.3. The normalized spacial score (nSPS) is 17.8. The molecule has 0 spiro atoms. The molecule has 0 amide bonds. The van der Waals surface area contributed by atoms with Crippen molar-refractivity contribution in [2.75, 3.05) is 6.26 Å². The molecular weight excluding hydrogens is 400 g/mol. The largest absolute Gasteiger partial charge is 0.474 e. The second kappa shape index (κ2) is 8.51. The zero-order valence-corrected chi connectivity index (χ0v) is 18.2. The summed E-state index contributed by atoms with van der Waals surface area (Å²) in [5.41, 5.74) is 8.93. The van der Waals surface area contributed by atoms with Gasteiger partial charge in [-0.3, -0.25) is 4.78 Å². The van der Waals surface area contributed by atoms with Crippen molar-refractivity contribution in [2.45, 2.75) is 57.4 Å². The van der Waals surface area contributed by atoms with Gasteiger partial charge in [-0.05, 0) is 56.2 Å². The summed E-state index contributed by atoms with van der Waals surface area (Å²) in [6.07, 6.45) is 5.38. The lowest BCUT2D eigenvalue weighted by atomic mass is 9.88. The first kappa shape index (κ1) is 22.2. The molecule has 0 fully saturated rings. The van der Waals surface area contributed by atoms with E-state index in [1.807, 2.05) is 20.8 Å². The van der Waals surface area contributed by atoms with Gasteiger partial charge in [-0.2, -0.15) is 0 Å². The van der Waals surface area contributed by atoms with Gasteiger partial charge in [0.1, 0.15) is 5.15 Å². The number of hydrogen-bond donors (Lipinski definition) is 1. The number of aromatic nitrogens is 2. The third kappa shape index (κ3) is 4.84. The highest BCUT2D eigenvalue weighted by atomic mass is 35.5. The summed E-state index contributed by atoms with van der Waals surface area (Å²) in [6, 6.07) is 1.71. The molecule has 0 aromatic carbocycles. The average Bonchev–Trinajstić information content (AvgIpc) is 2.60. The lowest BCUT2D eigenvalue weighted by Gasteiger charge is -2.25. The molecule has 152 valence electrons. The predicted octanol–water partition coefficient (Wildman–Crippen LogP) is 5.44. The van der Waals surface area contributed by atoms with Crippen LogP contribution in [0.4, 0.5) is 0 Å². The van der Waals surface area contributed by atoms with Crippen molar-refractivity contribution in [3.05, 3.63) is 39.6 Å². The molecule has 2 heterocycles. The summed E-state index contributed by atoms with van der Waals surface area (Å²) in [7, 11) is -2.65. The number of hydrogen-bond acceptors (Lipinski definition) is 6. The van der Waals surface area contributed by atoms with Crippen LogP contribution < -0.4 is 4.74 Å². The van der Waals surface area contributed by atoms with Crippen molar-refractivity contribution in [3.63, 3.8) is 0 Å². The molecule has 0 aliphatic rings. The van der Waals surface area contributed by atoms with E-state index < -0.39 is 15.3 Å². The summed E-state index contributed by atoms with van der Waals surface area (Å²) in [6.45, 7) is 7.40. The SMILES string of the molecule is CC[C@@](C)(N=[N+]=[N-])c1cnc(O[C@H](C)C[C@@H](C)[S@](C)(=N)=O)c2cnc(Cl)cc12. The maximum absolute atomic E-state index is 11.9. The van der Waals surface area contributed by atoms with E-state index in [4.69, 9.17) is 26.6 Å². The Bertz CT molecular complexity index is 1020. The van der Waals surface area contributed by atoms with E-state index in [0.29, 0.717) is 29.3 Å². The van der Waals surface area contributed by atoms with Gasteiger partial charge in [0, 0.05) is 38.5 Å². The number of fused-ring (bicyclic) bond motifs is 1. The molecule has 0 bridgehead atoms. The maximum Gasteiger partial charge on any atom is 0.223 e. The van der Waals surface area contributed by atoms with Gasteiger partial charge in [-0.1, -0.05) is 23.6 Å². The summed E-state index contributed by atoms with van der Waals surface area (Å²) >= 11 is 6.11. The molecule has 0 saturated heterocycles. The van der Waals surface area contributed by atoms with Crippen LogP contribution in [0.5, 0.6) is 5.88 Å². The standard InChI is InChI=1S/C18H25ClN6O2S/c1-6-18(4,24-25-20)15-10-23-17(14-9-22-16(19)8-13(14)15)27-11(2)7-12(3)28(5,21)26/h8-12,21H,6-7H2,1-5H3/t11-,12-,18-,28-/m1/s1. The van der Waals surface area contributed by atoms with E-state index in [1.165, 1.54) is 6.26 Å². The van der Waals surface area contributed by atoms with Crippen molar-refractivity contribution in [2.24, 2.45) is 5.11 Å². The Balaban J connectivity index is 2.50. The van der Waals surface area contributed by atoms with E-state index in [-0.39, 0.29) is 11.4 Å². The number of pyridine rings is 2. The van der Waals surface area contributed by atoms with Crippen molar-refractivity contribution >= 4 is 32.1 Å². The number of nitrogens with one attached hydrogen (secondary N) is 1. The highest BCUT2D eigenvalue weighted by Gasteiger charge is 2.27. The molecule has 10 heteroatoms. The third-order valence-electron chi connectivity index (χ3n) is 4.98. The number of nitrogens with zero attached hydrogens (tertiary/aromatic N) is 5. The average molecular weight is 425 g/mol. The van der Waals surface area contributed by atoms with Gasteiger partial charge in [0.05, 0.1) is 17.0 Å². The van der Waals surface area contributed by atoms with Crippen molar-refractivity contribution in [1.29, 1.82) is 4.78 Å². The number of azide groups is 1. The molecule has 8 nitrogen and oxygen atoms in total. The fraction of sp³-hybridized carbons (Fsp3) is 0.556. The molecule has 2 aromatic heterocycles. The Labute approximate surface area is 170 Å². The van der Waals surface area contributed by atoms with E-state index in [1.54, 1.807) is 25.4 Å². The highest BCUT2D eigenvalue weighted by molar-refractivity contribution is 7.92. The topological polar surface area (TPSA) is 125 Å². The molecule has 0 radical (unpaired) electrons. The fourth-order valence-corrected chi connectivity index (χ4v) is 3.71. The quantitative estimate of drug-likeness (QED) is 0.262. The minimum absolute atomic E-state index is 0.298. The van der Waals surface area contributed by atoms with Crippen molar-refractivity contribution in [3.8, 4) is 5.88 Å².